The fraction of sp³-hybridized carbons (Fsp3) is 0.0870. The molecule has 0 saturated heterocycles. The first-order valence-corrected chi connectivity index (χ1v) is 11.6. The van der Waals surface area contributed by atoms with E-state index in [4.69, 9.17) is 4.74 Å². The zero-order valence-corrected chi connectivity index (χ0v) is 18.8. The van der Waals surface area contributed by atoms with E-state index in [-0.39, 0.29) is 5.91 Å². The van der Waals surface area contributed by atoms with E-state index < -0.39 is 0 Å². The summed E-state index contributed by atoms with van der Waals surface area (Å²) >= 11 is 2.95. The molecule has 4 aromatic rings. The van der Waals surface area contributed by atoms with Gasteiger partial charge in [0.1, 0.15) is 16.8 Å². The number of nitriles is 1. The van der Waals surface area contributed by atoms with Gasteiger partial charge in [0.2, 0.25) is 5.88 Å². The number of amides is 1. The summed E-state index contributed by atoms with van der Waals surface area (Å²) < 4.78 is 5.68. The van der Waals surface area contributed by atoms with Crippen molar-refractivity contribution in [2.75, 3.05) is 11.6 Å². The lowest BCUT2D eigenvalue weighted by molar-refractivity contribution is 0.102. The Bertz CT molecular complexity index is 1300. The Labute approximate surface area is 193 Å². The van der Waals surface area contributed by atoms with Crippen LogP contribution in [-0.2, 0) is 0 Å². The van der Waals surface area contributed by atoms with E-state index >= 15 is 0 Å². The normalized spacial score (nSPS) is 10.4. The molecule has 1 amide bonds. The van der Waals surface area contributed by atoms with Gasteiger partial charge < -0.3 is 10.1 Å². The zero-order valence-electron chi connectivity index (χ0n) is 17.2. The van der Waals surface area contributed by atoms with E-state index in [0.29, 0.717) is 45.0 Å². The number of ether oxygens (including phenoxy) is 1. The Hall–Kier alpha value is -3.74. The van der Waals surface area contributed by atoms with Crippen molar-refractivity contribution in [3.8, 4) is 28.4 Å². The average Bonchev–Trinajstić information content (AvgIpc) is 3.35. The molecule has 1 aromatic carbocycles. The number of carbonyl (C=O) groups is 1. The summed E-state index contributed by atoms with van der Waals surface area (Å²) in [6, 6.07) is 16.2. The first-order chi connectivity index (χ1) is 15.6. The largest absolute Gasteiger partial charge is 0.438 e. The molecule has 158 valence electrons. The van der Waals surface area contributed by atoms with Gasteiger partial charge in [-0.05, 0) is 42.8 Å². The highest BCUT2D eigenvalue weighted by atomic mass is 32.2. The molecule has 0 saturated carbocycles. The van der Waals surface area contributed by atoms with Crippen molar-refractivity contribution >= 4 is 34.7 Å². The molecule has 0 bridgehead atoms. The number of anilines is 1. The Kier molecular flexibility index (Phi) is 6.44. The van der Waals surface area contributed by atoms with Gasteiger partial charge >= 0.3 is 0 Å². The van der Waals surface area contributed by atoms with Gasteiger partial charge in [-0.15, -0.1) is 23.1 Å². The number of thiophene rings is 1. The average molecular weight is 460 g/mol. The monoisotopic (exact) mass is 459 g/mol. The Balaban J connectivity index is 1.52. The minimum atomic E-state index is -0.310. The van der Waals surface area contributed by atoms with Gasteiger partial charge in [0, 0.05) is 6.07 Å². The molecule has 0 spiro atoms. The zero-order chi connectivity index (χ0) is 22.5. The van der Waals surface area contributed by atoms with E-state index in [2.05, 4.69) is 26.3 Å². The Morgan fingerprint density at radius 2 is 2.00 bits per heavy atom. The standard InChI is InChI=1S/C23H17N5O2S2/c1-14-20(23(31-2)28-21(26-14)18-8-5-11-32-18)22(29)27-16-9-10-19(25-13-16)30-17-7-4-3-6-15(17)12-24/h3-11,13H,1-2H3,(H,27,29). The highest BCUT2D eigenvalue weighted by molar-refractivity contribution is 7.98. The third-order valence-corrected chi connectivity index (χ3v) is 5.98. The number of pyridine rings is 1. The van der Waals surface area contributed by atoms with Crippen LogP contribution in [-0.4, -0.2) is 27.1 Å². The van der Waals surface area contributed by atoms with Crippen molar-refractivity contribution in [2.24, 2.45) is 0 Å². The predicted molar refractivity (Wildman–Crippen MR) is 125 cm³/mol. The van der Waals surface area contributed by atoms with Crippen LogP contribution in [0.3, 0.4) is 0 Å². The number of hydrogen-bond donors (Lipinski definition) is 1. The molecule has 0 aliphatic carbocycles. The third-order valence-electron chi connectivity index (χ3n) is 4.43. The van der Waals surface area contributed by atoms with Crippen LogP contribution in [0.1, 0.15) is 21.6 Å². The van der Waals surface area contributed by atoms with Crippen LogP contribution in [0.25, 0.3) is 10.7 Å². The lowest BCUT2D eigenvalue weighted by atomic mass is 10.2. The molecule has 0 atom stereocenters. The van der Waals surface area contributed by atoms with Gasteiger partial charge in [-0.2, -0.15) is 5.26 Å². The summed E-state index contributed by atoms with van der Waals surface area (Å²) in [5.74, 6) is 1.03. The Morgan fingerprint density at radius 1 is 1.16 bits per heavy atom. The molecule has 9 heteroatoms. The number of benzene rings is 1. The molecule has 3 heterocycles. The van der Waals surface area contributed by atoms with Crippen molar-refractivity contribution in [1.82, 2.24) is 15.0 Å². The lowest BCUT2D eigenvalue weighted by Gasteiger charge is -2.12. The minimum absolute atomic E-state index is 0.310. The topological polar surface area (TPSA) is 101 Å². The first-order valence-electron chi connectivity index (χ1n) is 9.50. The predicted octanol–water partition coefficient (Wildman–Crippen LogP) is 5.55. The second-order valence-corrected chi connectivity index (χ2v) is 8.29. The quantitative estimate of drug-likeness (QED) is 0.298. The molecule has 0 aliphatic heterocycles. The smallest absolute Gasteiger partial charge is 0.260 e. The number of nitrogens with zero attached hydrogens (tertiary/aromatic N) is 4. The van der Waals surface area contributed by atoms with Crippen LogP contribution in [0.2, 0.25) is 0 Å². The number of aryl methyl sites for hydroxylation is 1. The molecule has 7 nitrogen and oxygen atoms in total. The van der Waals surface area contributed by atoms with Crippen molar-refractivity contribution < 1.29 is 9.53 Å². The summed E-state index contributed by atoms with van der Waals surface area (Å²) in [7, 11) is 0. The van der Waals surface area contributed by atoms with Gasteiger partial charge in [0.15, 0.2) is 5.82 Å². The number of para-hydroxylation sites is 1. The second kappa shape index (κ2) is 9.60. The van der Waals surface area contributed by atoms with Gasteiger partial charge in [0.25, 0.3) is 5.91 Å². The van der Waals surface area contributed by atoms with E-state index in [0.717, 1.165) is 4.88 Å². The van der Waals surface area contributed by atoms with Crippen LogP contribution >= 0.6 is 23.1 Å². The van der Waals surface area contributed by atoms with E-state index in [9.17, 15) is 10.1 Å². The molecular formula is C23H17N5O2S2. The molecular weight excluding hydrogens is 442 g/mol. The molecule has 0 fully saturated rings. The summed E-state index contributed by atoms with van der Waals surface area (Å²) in [6.07, 6.45) is 3.38. The third kappa shape index (κ3) is 4.61. The van der Waals surface area contributed by atoms with Gasteiger partial charge in [0.05, 0.1) is 33.6 Å². The maximum absolute atomic E-state index is 13.0. The van der Waals surface area contributed by atoms with Crippen molar-refractivity contribution in [3.63, 3.8) is 0 Å². The number of nitrogens with one attached hydrogen (secondary N) is 1. The summed E-state index contributed by atoms with van der Waals surface area (Å²) in [5.41, 5.74) is 1.95. The van der Waals surface area contributed by atoms with Gasteiger partial charge in [-0.25, -0.2) is 15.0 Å². The van der Waals surface area contributed by atoms with Gasteiger partial charge in [-0.1, -0.05) is 18.2 Å². The number of carbonyl (C=O) groups excluding carboxylic acids is 1. The van der Waals surface area contributed by atoms with Crippen LogP contribution in [0.15, 0.2) is 65.1 Å². The molecule has 3 aromatic heterocycles. The number of hydrogen-bond acceptors (Lipinski definition) is 8. The summed E-state index contributed by atoms with van der Waals surface area (Å²) in [5, 5.41) is 14.6. The highest BCUT2D eigenvalue weighted by Crippen LogP contribution is 2.28. The van der Waals surface area contributed by atoms with E-state index in [1.165, 1.54) is 18.0 Å². The number of aromatic nitrogens is 3. The van der Waals surface area contributed by atoms with Crippen LogP contribution in [0.5, 0.6) is 11.6 Å². The fourth-order valence-corrected chi connectivity index (χ4v) is 4.22. The molecule has 32 heavy (non-hydrogen) atoms. The minimum Gasteiger partial charge on any atom is -0.438 e. The number of thioether (sulfide) groups is 1. The summed E-state index contributed by atoms with van der Waals surface area (Å²) in [6.45, 7) is 1.80. The second-order valence-electron chi connectivity index (χ2n) is 6.54. The summed E-state index contributed by atoms with van der Waals surface area (Å²) in [4.78, 5) is 27.3. The molecule has 0 radical (unpaired) electrons. The van der Waals surface area contributed by atoms with E-state index in [1.807, 2.05) is 23.8 Å². The van der Waals surface area contributed by atoms with Crippen LogP contribution in [0, 0.1) is 18.3 Å². The lowest BCUT2D eigenvalue weighted by Crippen LogP contribution is -2.17. The van der Waals surface area contributed by atoms with E-state index in [1.54, 1.807) is 54.7 Å². The molecule has 1 N–H and O–H groups in total. The molecule has 0 aliphatic rings. The molecule has 0 unspecified atom stereocenters. The number of rotatable bonds is 6. The highest BCUT2D eigenvalue weighted by Gasteiger charge is 2.19. The first kappa shape index (κ1) is 21.5. The SMILES string of the molecule is CSc1nc(-c2cccs2)nc(C)c1C(=O)Nc1ccc(Oc2ccccc2C#N)nc1. The fourth-order valence-electron chi connectivity index (χ4n) is 2.94. The van der Waals surface area contributed by atoms with Crippen molar-refractivity contribution in [3.05, 3.63) is 76.9 Å². The van der Waals surface area contributed by atoms with Gasteiger partial charge in [-0.3, -0.25) is 4.79 Å². The Morgan fingerprint density at radius 3 is 2.69 bits per heavy atom. The van der Waals surface area contributed by atoms with Crippen molar-refractivity contribution in [1.29, 1.82) is 5.26 Å². The van der Waals surface area contributed by atoms with Crippen molar-refractivity contribution in [2.45, 2.75) is 11.9 Å². The maximum Gasteiger partial charge on any atom is 0.260 e. The van der Waals surface area contributed by atoms with Crippen LogP contribution < -0.4 is 10.1 Å². The maximum atomic E-state index is 13.0. The van der Waals surface area contributed by atoms with Crippen LogP contribution in [0.4, 0.5) is 5.69 Å². The molecule has 4 rings (SSSR count).